The SMILES string of the molecule is CC1CCCCC1N(C)C(=O)CN1CCCC(CNC(=O)C2CCCN2)C1.Cl. The van der Waals surface area contributed by atoms with E-state index < -0.39 is 0 Å². The lowest BCUT2D eigenvalue weighted by atomic mass is 9.85. The average Bonchev–Trinajstić information content (AvgIpc) is 3.21. The van der Waals surface area contributed by atoms with Crippen molar-refractivity contribution in [3.05, 3.63) is 0 Å². The van der Waals surface area contributed by atoms with E-state index in [1.807, 2.05) is 11.9 Å². The molecule has 7 heteroatoms. The third-order valence-corrected chi connectivity index (χ3v) is 6.86. The Kier molecular flexibility index (Phi) is 9.51. The zero-order valence-corrected chi connectivity index (χ0v) is 18.4. The minimum Gasteiger partial charge on any atom is -0.354 e. The van der Waals surface area contributed by atoms with Crippen LogP contribution in [0.2, 0.25) is 0 Å². The van der Waals surface area contributed by atoms with Crippen molar-refractivity contribution in [3.8, 4) is 0 Å². The number of hydrogen-bond acceptors (Lipinski definition) is 4. The number of halogens is 1. The van der Waals surface area contributed by atoms with Crippen molar-refractivity contribution in [1.29, 1.82) is 0 Å². The Bertz CT molecular complexity index is 513. The quantitative estimate of drug-likeness (QED) is 0.698. The summed E-state index contributed by atoms with van der Waals surface area (Å²) in [5, 5.41) is 6.38. The Morgan fingerprint density at radius 2 is 1.89 bits per heavy atom. The molecule has 2 amide bonds. The number of nitrogens with one attached hydrogen (secondary N) is 2. The highest BCUT2D eigenvalue weighted by molar-refractivity contribution is 5.85. The second-order valence-electron chi connectivity index (χ2n) is 8.97. The fourth-order valence-corrected chi connectivity index (χ4v) is 5.10. The average molecular weight is 415 g/mol. The van der Waals surface area contributed by atoms with Crippen LogP contribution in [-0.4, -0.2) is 73.5 Å². The number of hydrogen-bond donors (Lipinski definition) is 2. The predicted octanol–water partition coefficient (Wildman–Crippen LogP) is 2.03. The van der Waals surface area contributed by atoms with Crippen molar-refractivity contribution in [2.75, 3.05) is 39.8 Å². The van der Waals surface area contributed by atoms with Gasteiger partial charge in [0.25, 0.3) is 0 Å². The van der Waals surface area contributed by atoms with Crippen LogP contribution in [0.4, 0.5) is 0 Å². The molecular formula is C21H39ClN4O2. The first-order valence-corrected chi connectivity index (χ1v) is 11.0. The second kappa shape index (κ2) is 11.4. The summed E-state index contributed by atoms with van der Waals surface area (Å²) in [6.45, 7) is 6.40. The molecule has 4 atom stereocenters. The number of rotatable bonds is 6. The number of amides is 2. The van der Waals surface area contributed by atoms with Gasteiger partial charge in [-0.05, 0) is 63.5 Å². The van der Waals surface area contributed by atoms with Crippen LogP contribution in [0.1, 0.15) is 58.3 Å². The maximum Gasteiger partial charge on any atom is 0.237 e. The monoisotopic (exact) mass is 414 g/mol. The lowest BCUT2D eigenvalue weighted by Gasteiger charge is -2.38. The maximum atomic E-state index is 12.8. The highest BCUT2D eigenvalue weighted by Crippen LogP contribution is 2.27. The van der Waals surface area contributed by atoms with Crippen LogP contribution in [0.3, 0.4) is 0 Å². The van der Waals surface area contributed by atoms with Gasteiger partial charge in [0.15, 0.2) is 0 Å². The molecule has 1 aliphatic carbocycles. The van der Waals surface area contributed by atoms with Crippen molar-refractivity contribution in [1.82, 2.24) is 20.4 Å². The Balaban J connectivity index is 0.00000280. The third kappa shape index (κ3) is 6.33. The molecule has 0 spiro atoms. The van der Waals surface area contributed by atoms with E-state index in [-0.39, 0.29) is 30.3 Å². The first-order chi connectivity index (χ1) is 13.0. The van der Waals surface area contributed by atoms with E-state index in [0.717, 1.165) is 58.3 Å². The zero-order valence-electron chi connectivity index (χ0n) is 17.6. The molecule has 3 aliphatic rings. The van der Waals surface area contributed by atoms with Crippen LogP contribution in [-0.2, 0) is 9.59 Å². The van der Waals surface area contributed by atoms with Gasteiger partial charge in [0.2, 0.25) is 11.8 Å². The van der Waals surface area contributed by atoms with Crippen LogP contribution < -0.4 is 10.6 Å². The van der Waals surface area contributed by atoms with Gasteiger partial charge < -0.3 is 15.5 Å². The molecule has 1 saturated carbocycles. The van der Waals surface area contributed by atoms with Gasteiger partial charge >= 0.3 is 0 Å². The van der Waals surface area contributed by atoms with Crippen LogP contribution in [0, 0.1) is 11.8 Å². The molecule has 2 saturated heterocycles. The summed E-state index contributed by atoms with van der Waals surface area (Å²) >= 11 is 0. The molecule has 0 bridgehead atoms. The summed E-state index contributed by atoms with van der Waals surface area (Å²) in [4.78, 5) is 29.3. The van der Waals surface area contributed by atoms with E-state index in [4.69, 9.17) is 0 Å². The Labute approximate surface area is 176 Å². The summed E-state index contributed by atoms with van der Waals surface area (Å²) in [6.07, 6.45) is 9.21. The van der Waals surface area contributed by atoms with Gasteiger partial charge in [-0.1, -0.05) is 19.8 Å². The Morgan fingerprint density at radius 1 is 1.11 bits per heavy atom. The first kappa shape index (κ1) is 23.4. The van der Waals surface area contributed by atoms with Crippen LogP contribution in [0.15, 0.2) is 0 Å². The molecule has 0 aromatic carbocycles. The number of likely N-dealkylation sites (tertiary alicyclic amines) is 1. The number of nitrogens with zero attached hydrogens (tertiary/aromatic N) is 2. The van der Waals surface area contributed by atoms with E-state index in [1.54, 1.807) is 0 Å². The second-order valence-corrected chi connectivity index (χ2v) is 8.97. The highest BCUT2D eigenvalue weighted by Gasteiger charge is 2.30. The summed E-state index contributed by atoms with van der Waals surface area (Å²) in [6, 6.07) is 0.405. The molecule has 3 fully saturated rings. The molecule has 0 radical (unpaired) electrons. The normalized spacial score (nSPS) is 31.1. The molecule has 6 nitrogen and oxygen atoms in total. The first-order valence-electron chi connectivity index (χ1n) is 11.0. The van der Waals surface area contributed by atoms with Gasteiger partial charge in [0.1, 0.15) is 0 Å². The molecule has 162 valence electrons. The van der Waals surface area contributed by atoms with E-state index >= 15 is 0 Å². The minimum absolute atomic E-state index is 0. The fraction of sp³-hybridized carbons (Fsp3) is 0.905. The molecule has 0 aromatic rings. The van der Waals surface area contributed by atoms with Crippen LogP contribution >= 0.6 is 12.4 Å². The lowest BCUT2D eigenvalue weighted by Crippen LogP contribution is -2.50. The number of carbonyl (C=O) groups excluding carboxylic acids is 2. The summed E-state index contributed by atoms with van der Waals surface area (Å²) in [5.74, 6) is 1.47. The standard InChI is InChI=1S/C21H38N4O2.ClH/c1-16-7-3-4-10-19(16)24(2)20(26)15-25-12-6-8-17(14-25)13-23-21(27)18-9-5-11-22-18;/h16-19,22H,3-15H2,1-2H3,(H,23,27);1H. The van der Waals surface area contributed by atoms with Gasteiger partial charge in [-0.25, -0.2) is 0 Å². The molecule has 2 heterocycles. The third-order valence-electron chi connectivity index (χ3n) is 6.86. The van der Waals surface area contributed by atoms with Gasteiger partial charge in [0.05, 0.1) is 12.6 Å². The molecule has 0 aromatic heterocycles. The van der Waals surface area contributed by atoms with Crippen molar-refractivity contribution >= 4 is 24.2 Å². The molecule has 2 aliphatic heterocycles. The Hall–Kier alpha value is -0.850. The van der Waals surface area contributed by atoms with E-state index in [9.17, 15) is 9.59 Å². The van der Waals surface area contributed by atoms with Gasteiger partial charge in [-0.15, -0.1) is 12.4 Å². The number of carbonyl (C=O) groups is 2. The molecular weight excluding hydrogens is 376 g/mol. The molecule has 3 rings (SSSR count). The predicted molar refractivity (Wildman–Crippen MR) is 115 cm³/mol. The number of piperidine rings is 1. The van der Waals surface area contributed by atoms with Crippen molar-refractivity contribution in [2.45, 2.75) is 70.4 Å². The van der Waals surface area contributed by atoms with Gasteiger partial charge in [0, 0.05) is 26.2 Å². The summed E-state index contributed by atoms with van der Waals surface area (Å²) in [7, 11) is 1.99. The minimum atomic E-state index is -0.00240. The summed E-state index contributed by atoms with van der Waals surface area (Å²) in [5.41, 5.74) is 0. The van der Waals surface area contributed by atoms with Crippen LogP contribution in [0.25, 0.3) is 0 Å². The van der Waals surface area contributed by atoms with E-state index in [1.165, 1.54) is 19.3 Å². The van der Waals surface area contributed by atoms with Crippen molar-refractivity contribution < 1.29 is 9.59 Å². The highest BCUT2D eigenvalue weighted by atomic mass is 35.5. The fourth-order valence-electron chi connectivity index (χ4n) is 5.10. The van der Waals surface area contributed by atoms with Crippen molar-refractivity contribution in [3.63, 3.8) is 0 Å². The maximum absolute atomic E-state index is 12.8. The van der Waals surface area contributed by atoms with E-state index in [2.05, 4.69) is 22.5 Å². The van der Waals surface area contributed by atoms with Crippen molar-refractivity contribution in [2.24, 2.45) is 11.8 Å². The zero-order chi connectivity index (χ0) is 19.2. The topological polar surface area (TPSA) is 64.7 Å². The molecule has 4 unspecified atom stereocenters. The molecule has 28 heavy (non-hydrogen) atoms. The van der Waals surface area contributed by atoms with Crippen LogP contribution in [0.5, 0.6) is 0 Å². The largest absolute Gasteiger partial charge is 0.354 e. The van der Waals surface area contributed by atoms with E-state index in [0.29, 0.717) is 24.4 Å². The smallest absolute Gasteiger partial charge is 0.237 e. The lowest BCUT2D eigenvalue weighted by molar-refractivity contribution is -0.135. The Morgan fingerprint density at radius 3 is 2.61 bits per heavy atom. The summed E-state index contributed by atoms with van der Waals surface area (Å²) < 4.78 is 0. The number of likely N-dealkylation sites (N-methyl/N-ethyl adjacent to an activating group) is 1. The molecule has 2 N–H and O–H groups in total. The van der Waals surface area contributed by atoms with Gasteiger partial charge in [-0.2, -0.15) is 0 Å². The van der Waals surface area contributed by atoms with Gasteiger partial charge in [-0.3, -0.25) is 14.5 Å².